The van der Waals surface area contributed by atoms with Gasteiger partial charge in [-0.3, -0.25) is 0 Å². The van der Waals surface area contributed by atoms with E-state index in [1.807, 2.05) is 39.6 Å². The Morgan fingerprint density at radius 2 is 1.35 bits per heavy atom. The van der Waals surface area contributed by atoms with Crippen LogP contribution < -0.4 is 0 Å². The summed E-state index contributed by atoms with van der Waals surface area (Å²) in [5.41, 5.74) is 0. The minimum absolute atomic E-state index is 0.0718. The molecule has 0 saturated carbocycles. The van der Waals surface area contributed by atoms with E-state index in [-0.39, 0.29) is 6.10 Å². The Labute approximate surface area is 143 Å². The first-order chi connectivity index (χ1) is 11.0. The topological polar surface area (TPSA) is 46.9 Å². The molecule has 2 N–H and O–H groups in total. The molecule has 3 unspecified atom stereocenters. The zero-order valence-corrected chi connectivity index (χ0v) is 16.3. The number of nitrogens with zero attached hydrogens (tertiary/aromatic N) is 2. The first-order valence-electron chi connectivity index (χ1n) is 9.36. The molecule has 142 valence electrons. The molecule has 2 saturated heterocycles. The highest BCUT2D eigenvalue weighted by Gasteiger charge is 2.22. The second kappa shape index (κ2) is 16.6. The SMILES string of the molecule is CC.CC.CN1CCC(O)C(F)CC1.CN1CCCCC(O)C1. The molecular formula is C18H41FN2O2. The zero-order chi connectivity index (χ0) is 18.3. The second-order valence-electron chi connectivity index (χ2n) is 5.88. The van der Waals surface area contributed by atoms with E-state index in [1.165, 1.54) is 12.8 Å². The molecule has 0 bridgehead atoms. The van der Waals surface area contributed by atoms with Crippen molar-refractivity contribution in [2.24, 2.45) is 0 Å². The van der Waals surface area contributed by atoms with Crippen LogP contribution in [0.25, 0.3) is 0 Å². The van der Waals surface area contributed by atoms with Crippen LogP contribution in [0.2, 0.25) is 0 Å². The van der Waals surface area contributed by atoms with Crippen LogP contribution >= 0.6 is 0 Å². The van der Waals surface area contributed by atoms with Crippen LogP contribution in [-0.2, 0) is 0 Å². The number of likely N-dealkylation sites (N-methyl/N-ethyl adjacent to an activating group) is 1. The normalized spacial score (nSPS) is 29.3. The van der Waals surface area contributed by atoms with Crippen molar-refractivity contribution in [3.8, 4) is 0 Å². The molecule has 0 aromatic heterocycles. The highest BCUT2D eigenvalue weighted by atomic mass is 19.1. The van der Waals surface area contributed by atoms with Gasteiger partial charge in [-0.1, -0.05) is 27.7 Å². The molecule has 2 fully saturated rings. The van der Waals surface area contributed by atoms with Crippen LogP contribution in [0.4, 0.5) is 4.39 Å². The summed E-state index contributed by atoms with van der Waals surface area (Å²) in [5, 5.41) is 18.3. The van der Waals surface area contributed by atoms with Crippen LogP contribution in [-0.4, -0.2) is 78.7 Å². The number of halogens is 1. The number of likely N-dealkylation sites (tertiary alicyclic amines) is 2. The fourth-order valence-electron chi connectivity index (χ4n) is 2.49. The Balaban J connectivity index is 0. The molecule has 2 rings (SSSR count). The van der Waals surface area contributed by atoms with Gasteiger partial charge < -0.3 is 20.0 Å². The lowest BCUT2D eigenvalue weighted by Crippen LogP contribution is -2.26. The Hall–Kier alpha value is -0.230. The van der Waals surface area contributed by atoms with E-state index in [0.29, 0.717) is 12.8 Å². The summed E-state index contributed by atoms with van der Waals surface area (Å²) in [6.45, 7) is 11.6. The Kier molecular flexibility index (Phi) is 18.1. The summed E-state index contributed by atoms with van der Waals surface area (Å²) in [6, 6.07) is 0. The maximum Gasteiger partial charge on any atom is 0.127 e. The van der Waals surface area contributed by atoms with Gasteiger partial charge in [-0.05, 0) is 52.7 Å². The van der Waals surface area contributed by atoms with E-state index in [0.717, 1.165) is 32.6 Å². The first kappa shape index (κ1) is 25.0. The average molecular weight is 337 g/mol. The summed E-state index contributed by atoms with van der Waals surface area (Å²) in [4.78, 5) is 4.24. The van der Waals surface area contributed by atoms with Gasteiger partial charge in [0.05, 0.1) is 12.2 Å². The standard InChI is InChI=1S/C7H14FNO.C7H15NO.2C2H6/c1-9-4-2-6(8)7(10)3-5-9;1-8-5-3-2-4-7(9)6-8;2*1-2/h6-7,10H,2-5H2,1H3;7,9H,2-6H2,1H3;2*1-2H3. The number of rotatable bonds is 0. The van der Waals surface area contributed by atoms with Gasteiger partial charge in [0.25, 0.3) is 0 Å². The minimum Gasteiger partial charge on any atom is -0.392 e. The van der Waals surface area contributed by atoms with Gasteiger partial charge in [0, 0.05) is 19.6 Å². The molecule has 2 aliphatic rings. The molecule has 2 heterocycles. The third-order valence-electron chi connectivity index (χ3n) is 3.86. The second-order valence-corrected chi connectivity index (χ2v) is 5.88. The van der Waals surface area contributed by atoms with E-state index < -0.39 is 12.3 Å². The third-order valence-corrected chi connectivity index (χ3v) is 3.86. The summed E-state index contributed by atoms with van der Waals surface area (Å²) < 4.78 is 12.7. The molecule has 23 heavy (non-hydrogen) atoms. The largest absolute Gasteiger partial charge is 0.392 e. The van der Waals surface area contributed by atoms with Crippen LogP contribution in [0.5, 0.6) is 0 Å². The number of hydrogen-bond donors (Lipinski definition) is 2. The molecule has 0 aromatic carbocycles. The lowest BCUT2D eigenvalue weighted by Gasteiger charge is -2.14. The van der Waals surface area contributed by atoms with E-state index >= 15 is 0 Å². The molecule has 0 spiro atoms. The van der Waals surface area contributed by atoms with Crippen molar-refractivity contribution in [1.82, 2.24) is 9.80 Å². The Morgan fingerprint density at radius 3 is 1.96 bits per heavy atom. The number of hydrogen-bond acceptors (Lipinski definition) is 4. The molecule has 0 radical (unpaired) electrons. The van der Waals surface area contributed by atoms with Gasteiger partial charge in [0.2, 0.25) is 0 Å². The lowest BCUT2D eigenvalue weighted by atomic mass is 10.1. The van der Waals surface area contributed by atoms with Crippen molar-refractivity contribution in [3.05, 3.63) is 0 Å². The predicted molar refractivity (Wildman–Crippen MR) is 97.7 cm³/mol. The predicted octanol–water partition coefficient (Wildman–Crippen LogP) is 2.93. The quantitative estimate of drug-likeness (QED) is 0.714. The van der Waals surface area contributed by atoms with Crippen molar-refractivity contribution >= 4 is 0 Å². The average Bonchev–Trinajstić information content (AvgIpc) is 2.85. The Morgan fingerprint density at radius 1 is 0.783 bits per heavy atom. The van der Waals surface area contributed by atoms with Crippen molar-refractivity contribution in [2.75, 3.05) is 40.3 Å². The monoisotopic (exact) mass is 336 g/mol. The molecular weight excluding hydrogens is 295 g/mol. The van der Waals surface area contributed by atoms with E-state index in [4.69, 9.17) is 5.11 Å². The highest BCUT2D eigenvalue weighted by molar-refractivity contribution is 4.74. The van der Waals surface area contributed by atoms with E-state index in [1.54, 1.807) is 0 Å². The fraction of sp³-hybridized carbons (Fsp3) is 1.00. The maximum atomic E-state index is 12.7. The van der Waals surface area contributed by atoms with Gasteiger partial charge in [-0.25, -0.2) is 4.39 Å². The van der Waals surface area contributed by atoms with Gasteiger partial charge in [0.15, 0.2) is 0 Å². The smallest absolute Gasteiger partial charge is 0.127 e. The summed E-state index contributed by atoms with van der Waals surface area (Å²) in [5.74, 6) is 0. The fourth-order valence-corrected chi connectivity index (χ4v) is 2.49. The number of aliphatic hydroxyl groups is 2. The Bertz CT molecular complexity index is 223. The van der Waals surface area contributed by atoms with Gasteiger partial charge in [-0.2, -0.15) is 0 Å². The molecule has 0 aromatic rings. The summed E-state index contributed by atoms with van der Waals surface area (Å²) in [6.07, 6.45) is 2.64. The van der Waals surface area contributed by atoms with Crippen LogP contribution in [0.1, 0.15) is 59.8 Å². The third kappa shape index (κ3) is 13.9. The first-order valence-corrected chi connectivity index (χ1v) is 9.36. The van der Waals surface area contributed by atoms with Gasteiger partial charge >= 0.3 is 0 Å². The number of alkyl halides is 1. The molecule has 2 aliphatic heterocycles. The molecule has 4 nitrogen and oxygen atoms in total. The molecule has 3 atom stereocenters. The highest BCUT2D eigenvalue weighted by Crippen LogP contribution is 2.13. The van der Waals surface area contributed by atoms with Crippen molar-refractivity contribution in [1.29, 1.82) is 0 Å². The van der Waals surface area contributed by atoms with Gasteiger partial charge in [-0.15, -0.1) is 0 Å². The number of aliphatic hydroxyl groups excluding tert-OH is 2. The summed E-state index contributed by atoms with van der Waals surface area (Å²) >= 11 is 0. The lowest BCUT2D eigenvalue weighted by molar-refractivity contribution is 0.0756. The molecule has 5 heteroatoms. The summed E-state index contributed by atoms with van der Waals surface area (Å²) in [7, 11) is 4.01. The molecule has 0 aliphatic carbocycles. The minimum atomic E-state index is -1.01. The van der Waals surface area contributed by atoms with Crippen LogP contribution in [0.15, 0.2) is 0 Å². The van der Waals surface area contributed by atoms with Gasteiger partial charge in [0.1, 0.15) is 6.17 Å². The van der Waals surface area contributed by atoms with Crippen molar-refractivity contribution in [2.45, 2.75) is 78.2 Å². The van der Waals surface area contributed by atoms with Crippen LogP contribution in [0, 0.1) is 0 Å². The molecule has 0 amide bonds. The van der Waals surface area contributed by atoms with E-state index in [2.05, 4.69) is 11.9 Å². The van der Waals surface area contributed by atoms with E-state index in [9.17, 15) is 9.50 Å². The number of β-amino-alcohol motifs (C(OH)–C–C–N with tert-alkyl or cyclic N) is 1. The van der Waals surface area contributed by atoms with Crippen molar-refractivity contribution in [3.63, 3.8) is 0 Å². The maximum absolute atomic E-state index is 12.7. The van der Waals surface area contributed by atoms with Crippen LogP contribution in [0.3, 0.4) is 0 Å². The van der Waals surface area contributed by atoms with Crippen molar-refractivity contribution < 1.29 is 14.6 Å². The zero-order valence-electron chi connectivity index (χ0n) is 16.3.